The van der Waals surface area contributed by atoms with Crippen LogP contribution in [0.15, 0.2) is 29.3 Å². The molecule has 140 valence electrons. The van der Waals surface area contributed by atoms with Crippen LogP contribution in [-0.4, -0.2) is 44.7 Å². The number of hydrogen-bond donors (Lipinski definition) is 3. The molecule has 3 N–H and O–H groups in total. The van der Waals surface area contributed by atoms with Gasteiger partial charge in [-0.3, -0.25) is 9.79 Å². The molecule has 0 saturated carbocycles. The first kappa shape index (κ1) is 21.0. The van der Waals surface area contributed by atoms with E-state index in [0.29, 0.717) is 0 Å². The molecule has 0 unspecified atom stereocenters. The second kappa shape index (κ2) is 13.2. The van der Waals surface area contributed by atoms with Crippen molar-refractivity contribution in [3.63, 3.8) is 0 Å². The Hall–Kier alpha value is -2.08. The third-order valence-corrected chi connectivity index (χ3v) is 3.50. The highest BCUT2D eigenvalue weighted by Crippen LogP contribution is 2.09. The number of hydrogen-bond acceptors (Lipinski definition) is 3. The number of amides is 1. The summed E-state index contributed by atoms with van der Waals surface area (Å²) in [5, 5.41) is 9.39. The number of guanidine groups is 1. The average Bonchev–Trinajstić information content (AvgIpc) is 2.59. The van der Waals surface area contributed by atoms with Gasteiger partial charge in [0.25, 0.3) is 0 Å². The Morgan fingerprint density at radius 3 is 2.52 bits per heavy atom. The third kappa shape index (κ3) is 10.4. The normalized spacial score (nSPS) is 11.2. The van der Waals surface area contributed by atoms with E-state index in [0.717, 1.165) is 63.8 Å². The number of anilines is 1. The van der Waals surface area contributed by atoms with Crippen molar-refractivity contribution in [2.75, 3.05) is 38.2 Å². The lowest BCUT2D eigenvalue weighted by molar-refractivity contribution is -0.114. The predicted octanol–water partition coefficient (Wildman–Crippen LogP) is 2.56. The van der Waals surface area contributed by atoms with E-state index < -0.39 is 0 Å². The lowest BCUT2D eigenvalue weighted by Gasteiger charge is -2.11. The van der Waals surface area contributed by atoms with Crippen LogP contribution in [0.2, 0.25) is 0 Å². The number of carbonyl (C=O) groups excluding carboxylic acids is 1. The molecular formula is C19H32N4O2. The van der Waals surface area contributed by atoms with Crippen LogP contribution >= 0.6 is 0 Å². The molecule has 1 aromatic rings. The first-order valence-electron chi connectivity index (χ1n) is 9.12. The molecule has 0 atom stereocenters. The molecule has 0 aliphatic carbocycles. The summed E-state index contributed by atoms with van der Waals surface area (Å²) in [6.45, 7) is 9.63. The van der Waals surface area contributed by atoms with Gasteiger partial charge >= 0.3 is 0 Å². The molecule has 0 heterocycles. The summed E-state index contributed by atoms with van der Waals surface area (Å²) in [5.74, 6) is 0.802. The van der Waals surface area contributed by atoms with Gasteiger partial charge < -0.3 is 20.7 Å². The fourth-order valence-electron chi connectivity index (χ4n) is 2.28. The van der Waals surface area contributed by atoms with E-state index in [-0.39, 0.29) is 5.91 Å². The number of benzene rings is 1. The van der Waals surface area contributed by atoms with Gasteiger partial charge in [0.15, 0.2) is 5.96 Å². The highest BCUT2D eigenvalue weighted by atomic mass is 16.5. The Kier molecular flexibility index (Phi) is 11.1. The lowest BCUT2D eigenvalue weighted by atomic mass is 10.1. The molecule has 1 aromatic carbocycles. The minimum absolute atomic E-state index is 0.0535. The van der Waals surface area contributed by atoms with Crippen molar-refractivity contribution in [1.82, 2.24) is 10.6 Å². The van der Waals surface area contributed by atoms with Crippen LogP contribution in [0.5, 0.6) is 0 Å². The maximum absolute atomic E-state index is 11.0. The number of nitrogens with zero attached hydrogens (tertiary/aromatic N) is 1. The number of rotatable bonds is 11. The molecule has 0 spiro atoms. The summed E-state index contributed by atoms with van der Waals surface area (Å²) < 4.78 is 5.33. The fraction of sp³-hybridized carbons (Fsp3) is 0.579. The van der Waals surface area contributed by atoms with Gasteiger partial charge in [0.05, 0.1) is 0 Å². The van der Waals surface area contributed by atoms with Crippen LogP contribution in [-0.2, 0) is 16.0 Å². The van der Waals surface area contributed by atoms with Gasteiger partial charge in [0.1, 0.15) is 0 Å². The molecule has 0 fully saturated rings. The molecule has 0 aromatic heterocycles. The van der Waals surface area contributed by atoms with E-state index in [1.807, 2.05) is 31.2 Å². The number of unbranched alkanes of at least 4 members (excludes halogenated alkanes) is 1. The summed E-state index contributed by atoms with van der Waals surface area (Å²) in [7, 11) is 0. The number of aliphatic imine (C=N–C) groups is 1. The largest absolute Gasteiger partial charge is 0.382 e. The van der Waals surface area contributed by atoms with Gasteiger partial charge in [-0.05, 0) is 50.8 Å². The Morgan fingerprint density at radius 2 is 1.88 bits per heavy atom. The highest BCUT2D eigenvalue weighted by molar-refractivity contribution is 5.88. The summed E-state index contributed by atoms with van der Waals surface area (Å²) in [5.41, 5.74) is 2.04. The maximum atomic E-state index is 11.0. The summed E-state index contributed by atoms with van der Waals surface area (Å²) in [4.78, 5) is 15.6. The third-order valence-electron chi connectivity index (χ3n) is 3.50. The zero-order chi connectivity index (χ0) is 18.3. The van der Waals surface area contributed by atoms with Crippen LogP contribution in [0.4, 0.5) is 5.69 Å². The molecule has 0 aliphatic heterocycles. The summed E-state index contributed by atoms with van der Waals surface area (Å²) in [6.07, 6.45) is 2.97. The van der Waals surface area contributed by atoms with E-state index >= 15 is 0 Å². The van der Waals surface area contributed by atoms with Crippen molar-refractivity contribution < 1.29 is 9.53 Å². The Morgan fingerprint density at radius 1 is 1.12 bits per heavy atom. The van der Waals surface area contributed by atoms with Crippen molar-refractivity contribution in [2.24, 2.45) is 4.99 Å². The molecule has 25 heavy (non-hydrogen) atoms. The first-order valence-corrected chi connectivity index (χ1v) is 9.12. The van der Waals surface area contributed by atoms with Crippen molar-refractivity contribution >= 4 is 17.6 Å². The molecule has 1 amide bonds. The van der Waals surface area contributed by atoms with Crippen LogP contribution in [0.1, 0.15) is 39.2 Å². The van der Waals surface area contributed by atoms with Crippen molar-refractivity contribution in [1.29, 1.82) is 0 Å². The first-order chi connectivity index (χ1) is 12.2. The summed E-state index contributed by atoms with van der Waals surface area (Å²) >= 11 is 0. The Balaban J connectivity index is 2.32. The Labute approximate surface area is 151 Å². The SMILES string of the molecule is CCNC(=NCCCCOCC)NCCc1ccc(NC(C)=O)cc1. The molecule has 0 aliphatic rings. The molecule has 0 saturated heterocycles. The molecule has 0 radical (unpaired) electrons. The van der Waals surface area contributed by atoms with Gasteiger partial charge in [0, 0.05) is 45.5 Å². The van der Waals surface area contributed by atoms with Gasteiger partial charge in [-0.2, -0.15) is 0 Å². The van der Waals surface area contributed by atoms with Gasteiger partial charge in [-0.15, -0.1) is 0 Å². The number of carbonyl (C=O) groups is 1. The second-order valence-electron chi connectivity index (χ2n) is 5.72. The predicted molar refractivity (Wildman–Crippen MR) is 104 cm³/mol. The number of ether oxygens (including phenoxy) is 1. The van der Waals surface area contributed by atoms with Gasteiger partial charge in [0.2, 0.25) is 5.91 Å². The van der Waals surface area contributed by atoms with Crippen molar-refractivity contribution in [3.8, 4) is 0 Å². The Bertz CT molecular complexity index is 515. The van der Waals surface area contributed by atoms with E-state index in [1.54, 1.807) is 0 Å². The van der Waals surface area contributed by atoms with Gasteiger partial charge in [-0.1, -0.05) is 12.1 Å². The standard InChI is InChI=1S/C19H32N4O2/c1-4-20-19(21-13-6-7-15-25-5-2)22-14-12-17-8-10-18(11-9-17)23-16(3)24/h8-11H,4-7,12-15H2,1-3H3,(H,23,24)(H2,20,21,22). The van der Waals surface area contributed by atoms with Crippen molar-refractivity contribution in [3.05, 3.63) is 29.8 Å². The lowest BCUT2D eigenvalue weighted by Crippen LogP contribution is -2.38. The van der Waals surface area contributed by atoms with Crippen LogP contribution in [0.3, 0.4) is 0 Å². The van der Waals surface area contributed by atoms with Crippen LogP contribution < -0.4 is 16.0 Å². The molecule has 0 bridgehead atoms. The molecular weight excluding hydrogens is 316 g/mol. The molecule has 6 heteroatoms. The molecule has 6 nitrogen and oxygen atoms in total. The minimum atomic E-state index is -0.0535. The maximum Gasteiger partial charge on any atom is 0.221 e. The minimum Gasteiger partial charge on any atom is -0.382 e. The van der Waals surface area contributed by atoms with E-state index in [2.05, 4.69) is 27.9 Å². The fourth-order valence-corrected chi connectivity index (χ4v) is 2.28. The van der Waals surface area contributed by atoms with E-state index in [1.165, 1.54) is 12.5 Å². The van der Waals surface area contributed by atoms with Gasteiger partial charge in [-0.25, -0.2) is 0 Å². The topological polar surface area (TPSA) is 74.8 Å². The zero-order valence-electron chi connectivity index (χ0n) is 15.7. The summed E-state index contributed by atoms with van der Waals surface area (Å²) in [6, 6.07) is 7.91. The van der Waals surface area contributed by atoms with Crippen molar-refractivity contribution in [2.45, 2.75) is 40.0 Å². The quantitative estimate of drug-likeness (QED) is 0.326. The average molecular weight is 348 g/mol. The van der Waals surface area contributed by atoms with E-state index in [9.17, 15) is 4.79 Å². The zero-order valence-corrected chi connectivity index (χ0v) is 15.7. The highest BCUT2D eigenvalue weighted by Gasteiger charge is 1.99. The second-order valence-corrected chi connectivity index (χ2v) is 5.72. The number of nitrogens with one attached hydrogen (secondary N) is 3. The smallest absolute Gasteiger partial charge is 0.221 e. The molecule has 1 rings (SSSR count). The van der Waals surface area contributed by atoms with Crippen LogP contribution in [0, 0.1) is 0 Å². The van der Waals surface area contributed by atoms with E-state index in [4.69, 9.17) is 4.74 Å². The monoisotopic (exact) mass is 348 g/mol. The van der Waals surface area contributed by atoms with Crippen LogP contribution in [0.25, 0.3) is 0 Å².